The molecule has 106 valence electrons. The lowest BCUT2D eigenvalue weighted by Crippen LogP contribution is -2.39. The molecule has 2 rings (SSSR count). The maximum Gasteiger partial charge on any atom is 0.0594 e. The molecule has 0 radical (unpaired) electrons. The summed E-state index contributed by atoms with van der Waals surface area (Å²) in [6.07, 6.45) is 5.56. The summed E-state index contributed by atoms with van der Waals surface area (Å²) in [6.45, 7) is 9.79. The fraction of sp³-hybridized carbons (Fsp3) is 1.00. The minimum atomic E-state index is 0.637. The van der Waals surface area contributed by atoms with Gasteiger partial charge in [0.15, 0.2) is 0 Å². The van der Waals surface area contributed by atoms with Crippen LogP contribution in [0.15, 0.2) is 0 Å². The van der Waals surface area contributed by atoms with Gasteiger partial charge >= 0.3 is 0 Å². The predicted molar refractivity (Wildman–Crippen MR) is 74.7 cm³/mol. The number of nitrogens with zero attached hydrogens (tertiary/aromatic N) is 2. The minimum absolute atomic E-state index is 0.637. The summed E-state index contributed by atoms with van der Waals surface area (Å²) < 4.78 is 5.45. The molecular formula is C14H29N3O. The summed E-state index contributed by atoms with van der Waals surface area (Å²) in [5, 5.41) is 0. The highest BCUT2D eigenvalue weighted by Gasteiger charge is 2.22. The lowest BCUT2D eigenvalue weighted by atomic mass is 9.96. The minimum Gasteiger partial charge on any atom is -0.379 e. The van der Waals surface area contributed by atoms with E-state index < -0.39 is 0 Å². The van der Waals surface area contributed by atoms with E-state index in [9.17, 15) is 0 Å². The van der Waals surface area contributed by atoms with Gasteiger partial charge in [0.1, 0.15) is 0 Å². The molecule has 4 heteroatoms. The van der Waals surface area contributed by atoms with E-state index in [-0.39, 0.29) is 0 Å². The van der Waals surface area contributed by atoms with Crippen molar-refractivity contribution < 1.29 is 4.74 Å². The van der Waals surface area contributed by atoms with Crippen molar-refractivity contribution in [2.24, 2.45) is 11.7 Å². The molecule has 0 saturated carbocycles. The van der Waals surface area contributed by atoms with Gasteiger partial charge in [-0.05, 0) is 57.8 Å². The highest BCUT2D eigenvalue weighted by Crippen LogP contribution is 2.20. The normalized spacial score (nSPS) is 23.8. The number of hydrogen-bond acceptors (Lipinski definition) is 4. The third kappa shape index (κ3) is 4.84. The summed E-state index contributed by atoms with van der Waals surface area (Å²) in [7, 11) is 0. The average Bonchev–Trinajstić information content (AvgIpc) is 2.89. The van der Waals surface area contributed by atoms with Crippen LogP contribution in [0.4, 0.5) is 0 Å². The monoisotopic (exact) mass is 255 g/mol. The topological polar surface area (TPSA) is 41.7 Å². The number of rotatable bonds is 7. The van der Waals surface area contributed by atoms with Gasteiger partial charge in [-0.25, -0.2) is 0 Å². The first-order chi connectivity index (χ1) is 8.88. The highest BCUT2D eigenvalue weighted by molar-refractivity contribution is 4.77. The van der Waals surface area contributed by atoms with Crippen molar-refractivity contribution in [1.29, 1.82) is 0 Å². The fourth-order valence-electron chi connectivity index (χ4n) is 3.10. The largest absolute Gasteiger partial charge is 0.379 e. The highest BCUT2D eigenvalue weighted by atomic mass is 16.5. The standard InChI is InChI=1S/C14H29N3O/c15-5-11-18-12-10-16-8-3-14(4-9-16)13-17-6-1-2-7-17/h14H,1-13,15H2. The second-order valence-corrected chi connectivity index (χ2v) is 5.69. The Morgan fingerprint density at radius 2 is 1.67 bits per heavy atom. The second-order valence-electron chi connectivity index (χ2n) is 5.69. The van der Waals surface area contributed by atoms with Gasteiger partial charge in [0, 0.05) is 19.6 Å². The molecule has 0 amide bonds. The Morgan fingerprint density at radius 1 is 0.944 bits per heavy atom. The summed E-state index contributed by atoms with van der Waals surface area (Å²) in [5.74, 6) is 0.935. The zero-order chi connectivity index (χ0) is 12.6. The van der Waals surface area contributed by atoms with E-state index in [1.807, 2.05) is 0 Å². The maximum absolute atomic E-state index is 5.45. The van der Waals surface area contributed by atoms with E-state index in [2.05, 4.69) is 9.80 Å². The molecule has 0 unspecified atom stereocenters. The molecule has 0 aromatic rings. The van der Waals surface area contributed by atoms with Crippen LogP contribution in [0, 0.1) is 5.92 Å². The lowest BCUT2D eigenvalue weighted by Gasteiger charge is -2.33. The third-order valence-corrected chi connectivity index (χ3v) is 4.24. The molecule has 0 aromatic carbocycles. The van der Waals surface area contributed by atoms with Crippen LogP contribution in [0.2, 0.25) is 0 Å². The van der Waals surface area contributed by atoms with Gasteiger partial charge in [-0.15, -0.1) is 0 Å². The van der Waals surface area contributed by atoms with Crippen molar-refractivity contribution >= 4 is 0 Å². The van der Waals surface area contributed by atoms with Crippen LogP contribution in [-0.4, -0.2) is 68.8 Å². The smallest absolute Gasteiger partial charge is 0.0594 e. The van der Waals surface area contributed by atoms with Gasteiger partial charge < -0.3 is 20.3 Å². The SMILES string of the molecule is NCCOCCN1CCC(CN2CCCC2)CC1. The Labute approximate surface area is 111 Å². The van der Waals surface area contributed by atoms with Gasteiger partial charge in [-0.2, -0.15) is 0 Å². The zero-order valence-electron chi connectivity index (χ0n) is 11.6. The van der Waals surface area contributed by atoms with Crippen LogP contribution in [0.1, 0.15) is 25.7 Å². The Bertz CT molecular complexity index is 211. The molecule has 2 aliphatic heterocycles. The molecule has 2 aliphatic rings. The van der Waals surface area contributed by atoms with Crippen molar-refractivity contribution in [3.05, 3.63) is 0 Å². The van der Waals surface area contributed by atoms with E-state index in [0.717, 1.165) is 19.1 Å². The van der Waals surface area contributed by atoms with Crippen LogP contribution in [0.25, 0.3) is 0 Å². The molecule has 0 spiro atoms. The number of nitrogens with two attached hydrogens (primary N) is 1. The molecule has 4 nitrogen and oxygen atoms in total. The van der Waals surface area contributed by atoms with E-state index in [0.29, 0.717) is 13.2 Å². The Morgan fingerprint density at radius 3 is 2.33 bits per heavy atom. The molecule has 2 fully saturated rings. The van der Waals surface area contributed by atoms with Crippen molar-refractivity contribution in [2.75, 3.05) is 59.0 Å². The van der Waals surface area contributed by atoms with Crippen LogP contribution in [-0.2, 0) is 4.74 Å². The van der Waals surface area contributed by atoms with E-state index in [1.165, 1.54) is 58.4 Å². The Balaban J connectivity index is 1.53. The first-order valence-corrected chi connectivity index (χ1v) is 7.61. The Hall–Kier alpha value is -0.160. The second kappa shape index (κ2) is 8.10. The van der Waals surface area contributed by atoms with Crippen molar-refractivity contribution in [1.82, 2.24) is 9.80 Å². The van der Waals surface area contributed by atoms with Gasteiger partial charge in [-0.3, -0.25) is 0 Å². The van der Waals surface area contributed by atoms with E-state index >= 15 is 0 Å². The molecule has 0 aliphatic carbocycles. The molecular weight excluding hydrogens is 226 g/mol. The van der Waals surface area contributed by atoms with Crippen LogP contribution in [0.3, 0.4) is 0 Å². The molecule has 0 atom stereocenters. The first-order valence-electron chi connectivity index (χ1n) is 7.61. The third-order valence-electron chi connectivity index (χ3n) is 4.24. The lowest BCUT2D eigenvalue weighted by molar-refractivity contribution is 0.0875. The molecule has 2 saturated heterocycles. The summed E-state index contributed by atoms with van der Waals surface area (Å²) in [6, 6.07) is 0. The molecule has 2 N–H and O–H groups in total. The van der Waals surface area contributed by atoms with Crippen LogP contribution < -0.4 is 5.73 Å². The number of piperidine rings is 1. The predicted octanol–water partition coefficient (Wildman–Crippen LogP) is 0.770. The number of hydrogen-bond donors (Lipinski definition) is 1. The first kappa shape index (κ1) is 14.3. The molecule has 0 bridgehead atoms. The fourth-order valence-corrected chi connectivity index (χ4v) is 3.10. The maximum atomic E-state index is 5.45. The number of ether oxygens (including phenoxy) is 1. The summed E-state index contributed by atoms with van der Waals surface area (Å²) in [4.78, 5) is 5.20. The number of likely N-dealkylation sites (tertiary alicyclic amines) is 2. The molecule has 2 heterocycles. The van der Waals surface area contributed by atoms with Gasteiger partial charge in [0.25, 0.3) is 0 Å². The van der Waals surface area contributed by atoms with Crippen LogP contribution in [0.5, 0.6) is 0 Å². The molecule has 0 aromatic heterocycles. The molecule has 18 heavy (non-hydrogen) atoms. The van der Waals surface area contributed by atoms with Gasteiger partial charge in [0.2, 0.25) is 0 Å². The van der Waals surface area contributed by atoms with Crippen LogP contribution >= 0.6 is 0 Å². The average molecular weight is 255 g/mol. The summed E-state index contributed by atoms with van der Waals surface area (Å²) in [5.41, 5.74) is 5.40. The zero-order valence-corrected chi connectivity index (χ0v) is 11.6. The van der Waals surface area contributed by atoms with Gasteiger partial charge in [-0.1, -0.05) is 0 Å². The Kier molecular flexibility index (Phi) is 6.41. The van der Waals surface area contributed by atoms with Crippen molar-refractivity contribution in [2.45, 2.75) is 25.7 Å². The van der Waals surface area contributed by atoms with E-state index in [4.69, 9.17) is 10.5 Å². The summed E-state index contributed by atoms with van der Waals surface area (Å²) >= 11 is 0. The van der Waals surface area contributed by atoms with Crippen molar-refractivity contribution in [3.63, 3.8) is 0 Å². The quantitative estimate of drug-likeness (QED) is 0.682. The van der Waals surface area contributed by atoms with Gasteiger partial charge in [0.05, 0.1) is 13.2 Å². The van der Waals surface area contributed by atoms with Crippen molar-refractivity contribution in [3.8, 4) is 0 Å². The van der Waals surface area contributed by atoms with E-state index in [1.54, 1.807) is 0 Å².